The minimum atomic E-state index is -1.39. The van der Waals surface area contributed by atoms with Crippen LogP contribution in [0.15, 0.2) is 65.0 Å². The van der Waals surface area contributed by atoms with E-state index in [1.807, 2.05) is 68.0 Å². The predicted octanol–water partition coefficient (Wildman–Crippen LogP) is 4.16. The molecule has 23 heteroatoms. The number of amides is 7. The van der Waals surface area contributed by atoms with Crippen molar-refractivity contribution in [1.29, 1.82) is 0 Å². The number of aliphatic imine (C=N–C) groups is 1. The van der Waals surface area contributed by atoms with Gasteiger partial charge in [-0.1, -0.05) is 68.8 Å². The van der Waals surface area contributed by atoms with Crippen LogP contribution in [0.5, 0.6) is 0 Å². The highest BCUT2D eigenvalue weighted by atomic mass is 35.5. The number of nitrogens with zero attached hydrogens (tertiary/aromatic N) is 5. The van der Waals surface area contributed by atoms with Gasteiger partial charge in [0.15, 0.2) is 5.82 Å². The average molecular weight is 1100 g/mol. The first kappa shape index (κ1) is 54.8. The van der Waals surface area contributed by atoms with E-state index in [1.54, 1.807) is 67.7 Å². The largest absolute Gasteiger partial charge is 0.391 e. The number of rotatable bonds is 7. The first-order valence-corrected chi connectivity index (χ1v) is 27.7. The molecule has 0 aliphatic carbocycles. The molecule has 3 aromatic heterocycles. The third-order valence-corrected chi connectivity index (χ3v) is 16.8. The lowest BCUT2D eigenvalue weighted by Gasteiger charge is -2.35. The molecule has 2 saturated heterocycles. The summed E-state index contributed by atoms with van der Waals surface area (Å²) in [4.78, 5) is 107. The Morgan fingerprint density at radius 1 is 0.867 bits per heavy atom. The van der Waals surface area contributed by atoms with Crippen molar-refractivity contribution >= 4 is 93.1 Å². The van der Waals surface area contributed by atoms with Crippen molar-refractivity contribution in [3.63, 3.8) is 0 Å². The van der Waals surface area contributed by atoms with Crippen LogP contribution in [0.25, 0.3) is 15.4 Å². The second-order valence-corrected chi connectivity index (χ2v) is 23.5. The molecule has 7 N–H and O–H groups in total. The Hall–Kier alpha value is -6.46. The van der Waals surface area contributed by atoms with Crippen LogP contribution in [0.3, 0.4) is 0 Å². The fraction of sp³-hybridized carbons (Fsp3) is 0.423. The number of benzene rings is 2. The van der Waals surface area contributed by atoms with Gasteiger partial charge in [-0.05, 0) is 78.9 Å². The van der Waals surface area contributed by atoms with E-state index in [9.17, 15) is 38.7 Å². The van der Waals surface area contributed by atoms with Gasteiger partial charge in [0.05, 0.1) is 30.5 Å². The number of thiophene rings is 2. The van der Waals surface area contributed by atoms with Gasteiger partial charge >= 0.3 is 0 Å². The number of fused-ring (bicyclic) bond motifs is 4. The summed E-state index contributed by atoms with van der Waals surface area (Å²) in [5.74, 6) is -3.28. The Kier molecular flexibility index (Phi) is 16.9. The molecule has 6 atom stereocenters. The molecule has 0 unspecified atom stereocenters. The lowest BCUT2D eigenvalue weighted by molar-refractivity contribution is -0.144. The average Bonchev–Trinajstić information content (AvgIpc) is 4.14. The van der Waals surface area contributed by atoms with E-state index < -0.39 is 89.6 Å². The van der Waals surface area contributed by atoms with Gasteiger partial charge in [0.1, 0.15) is 41.0 Å². The Balaban J connectivity index is 1.04. The highest BCUT2D eigenvalue weighted by Crippen LogP contribution is 2.40. The van der Waals surface area contributed by atoms with E-state index >= 15 is 0 Å². The van der Waals surface area contributed by atoms with E-state index in [0.717, 1.165) is 42.6 Å². The van der Waals surface area contributed by atoms with Gasteiger partial charge in [-0.25, -0.2) is 0 Å². The van der Waals surface area contributed by atoms with Crippen LogP contribution in [0.1, 0.15) is 90.0 Å². The number of carbonyl (C=O) groups is 7. The molecule has 19 nitrogen and oxygen atoms in total. The van der Waals surface area contributed by atoms with Crippen molar-refractivity contribution in [2.75, 3.05) is 37.7 Å². The standard InChI is InChI=1S/C52H60ClN11O8S3/c1-26-16-18-74-44(26)32-10-8-31(9-11-32)43-49(71)56-23-39(67)57-36(47(69)54-17-19-73-25-40(68)59-45(52(5,6)7)50(72)63-24-34(65)20-37(63)48(70)60-43)22-55-38(66)21-35-46-62-61-29(4)64(46)51-41(27(2)28(3)75-51)42(58-35)30-12-14-33(53)15-13-30/h8-16,18,34-37,43,45,65H,17,19-25H2,1-7H3,(H,54,69)(H,55,66)(H,56,71)(H,57,67)(H,59,68)(H,60,70)/t34-,35+,36-,37+,43-,45-/m1/s1. The first-order valence-electron chi connectivity index (χ1n) is 24.5. The number of aliphatic hydroxyl groups is 1. The maximum absolute atomic E-state index is 14.3. The lowest BCUT2D eigenvalue weighted by Crippen LogP contribution is -2.58. The lowest BCUT2D eigenvalue weighted by atomic mass is 9.85. The van der Waals surface area contributed by atoms with Crippen LogP contribution in [0, 0.1) is 33.1 Å². The maximum Gasteiger partial charge on any atom is 0.247 e. The van der Waals surface area contributed by atoms with E-state index in [0.29, 0.717) is 27.9 Å². The summed E-state index contributed by atoms with van der Waals surface area (Å²) in [5, 5.41) is 39.5. The Labute approximate surface area is 451 Å². The van der Waals surface area contributed by atoms with Gasteiger partial charge in [-0.3, -0.25) is 43.1 Å². The summed E-state index contributed by atoms with van der Waals surface area (Å²) in [6, 6.07) is 10.4. The smallest absolute Gasteiger partial charge is 0.247 e. The zero-order valence-electron chi connectivity index (χ0n) is 42.5. The Morgan fingerprint density at radius 2 is 1.59 bits per heavy atom. The molecule has 7 amide bonds. The summed E-state index contributed by atoms with van der Waals surface area (Å²) in [5.41, 5.74) is 4.82. The van der Waals surface area contributed by atoms with Crippen LogP contribution < -0.4 is 31.9 Å². The predicted molar refractivity (Wildman–Crippen MR) is 289 cm³/mol. The molecule has 2 aromatic carbocycles. The van der Waals surface area contributed by atoms with E-state index in [2.05, 4.69) is 42.1 Å². The SMILES string of the molecule is Cc1ccsc1-c1ccc([C@H]2NC(=O)[C@@H]3C[C@@H](O)CN3C(=O)[C@H](C(C)(C)C)NC(=O)CSCCNC(=O)[C@@H](CNC(=O)C[C@@H]3N=C(c4ccc(Cl)cc4)c4c(sc(C)c4C)-n4c(C)nnc43)NC(=O)CNC2=O)cc1. The second kappa shape index (κ2) is 23.2. The zero-order valence-corrected chi connectivity index (χ0v) is 45.7. The molecule has 75 heavy (non-hydrogen) atoms. The number of aromatic nitrogens is 3. The van der Waals surface area contributed by atoms with Gasteiger partial charge < -0.3 is 41.9 Å². The van der Waals surface area contributed by atoms with Crippen molar-refractivity contribution in [3.05, 3.63) is 109 Å². The number of hydrogen-bond donors (Lipinski definition) is 7. The second-order valence-electron chi connectivity index (χ2n) is 19.9. The summed E-state index contributed by atoms with van der Waals surface area (Å²) < 4.78 is 1.91. The molecule has 396 valence electrons. The molecular formula is C52H60ClN11O8S3. The molecule has 6 heterocycles. The minimum absolute atomic E-state index is 0.0609. The molecule has 0 spiro atoms. The van der Waals surface area contributed by atoms with Gasteiger partial charge in [-0.2, -0.15) is 11.8 Å². The summed E-state index contributed by atoms with van der Waals surface area (Å²) in [6.07, 6.45) is -1.40. The van der Waals surface area contributed by atoms with Gasteiger partial charge in [0.2, 0.25) is 41.4 Å². The normalized spacial score (nSPS) is 22.5. The molecule has 3 aliphatic rings. The molecule has 8 rings (SSSR count). The van der Waals surface area contributed by atoms with Crippen molar-refractivity contribution in [2.24, 2.45) is 10.4 Å². The van der Waals surface area contributed by atoms with E-state index in [4.69, 9.17) is 16.6 Å². The summed E-state index contributed by atoms with van der Waals surface area (Å²) in [6.45, 7) is 12.1. The number of aryl methyl sites for hydroxylation is 3. The van der Waals surface area contributed by atoms with E-state index in [1.165, 1.54) is 16.7 Å². The quantitative estimate of drug-likeness (QED) is 0.122. The molecule has 3 aliphatic heterocycles. The minimum Gasteiger partial charge on any atom is -0.391 e. The van der Waals surface area contributed by atoms with Crippen molar-refractivity contribution in [3.8, 4) is 15.4 Å². The number of hydrogen-bond acceptors (Lipinski definition) is 14. The van der Waals surface area contributed by atoms with Gasteiger partial charge in [-0.15, -0.1) is 32.9 Å². The van der Waals surface area contributed by atoms with Crippen LogP contribution >= 0.6 is 46.0 Å². The van der Waals surface area contributed by atoms with Crippen molar-refractivity contribution < 1.29 is 38.7 Å². The van der Waals surface area contributed by atoms with Crippen LogP contribution in [-0.2, 0) is 33.6 Å². The number of halogens is 1. The number of thioether (sulfide) groups is 1. The third kappa shape index (κ3) is 12.5. The highest BCUT2D eigenvalue weighted by Gasteiger charge is 2.45. The fourth-order valence-electron chi connectivity index (χ4n) is 9.21. The Bertz CT molecular complexity index is 3040. The highest BCUT2D eigenvalue weighted by molar-refractivity contribution is 7.99. The van der Waals surface area contributed by atoms with Gasteiger partial charge in [0, 0.05) is 57.7 Å². The van der Waals surface area contributed by atoms with E-state index in [-0.39, 0.29) is 44.0 Å². The molecule has 0 saturated carbocycles. The van der Waals surface area contributed by atoms with Crippen LogP contribution in [-0.4, -0.2) is 134 Å². The van der Waals surface area contributed by atoms with Crippen LogP contribution in [0.4, 0.5) is 0 Å². The van der Waals surface area contributed by atoms with Gasteiger partial charge in [0.25, 0.3) is 0 Å². The topological polar surface area (TPSA) is 258 Å². The molecule has 2 fully saturated rings. The van der Waals surface area contributed by atoms with Crippen molar-refractivity contribution in [1.82, 2.24) is 51.6 Å². The monoisotopic (exact) mass is 1100 g/mol. The molecule has 0 bridgehead atoms. The third-order valence-electron chi connectivity index (χ3n) is 13.3. The fourth-order valence-corrected chi connectivity index (χ4v) is 12.1. The van der Waals surface area contributed by atoms with Crippen LogP contribution in [0.2, 0.25) is 5.02 Å². The van der Waals surface area contributed by atoms with Crippen molar-refractivity contribution in [2.45, 2.75) is 97.6 Å². The first-order chi connectivity index (χ1) is 35.7. The molecular weight excluding hydrogens is 1040 g/mol. The zero-order chi connectivity index (χ0) is 53.9. The summed E-state index contributed by atoms with van der Waals surface area (Å²) >= 11 is 10.6. The molecule has 0 radical (unpaired) electrons. The molecule has 5 aromatic rings. The number of aliphatic hydroxyl groups excluding tert-OH is 1. The maximum atomic E-state index is 14.3. The number of nitrogens with one attached hydrogen (secondary N) is 6. The summed E-state index contributed by atoms with van der Waals surface area (Å²) in [7, 11) is 0. The number of carbonyl (C=O) groups excluding carboxylic acids is 7. The Morgan fingerprint density at radius 3 is 2.28 bits per heavy atom.